The quantitative estimate of drug-likeness (QED) is 0.241. The van der Waals surface area contributed by atoms with Gasteiger partial charge < -0.3 is 0 Å². The highest BCUT2D eigenvalue weighted by molar-refractivity contribution is 6.12. The molecule has 0 aromatic heterocycles. The summed E-state index contributed by atoms with van der Waals surface area (Å²) in [5.41, 5.74) is 0. The van der Waals surface area contributed by atoms with Crippen molar-refractivity contribution in [1.82, 2.24) is 4.53 Å². The summed E-state index contributed by atoms with van der Waals surface area (Å²) in [5.74, 6) is 4.93. The van der Waals surface area contributed by atoms with Crippen LogP contribution < -0.4 is 5.84 Å². The molecule has 0 fully saturated rings. The zero-order valence-corrected chi connectivity index (χ0v) is 4.15. The van der Waals surface area contributed by atoms with Crippen molar-refractivity contribution in [2.75, 3.05) is 6.54 Å². The van der Waals surface area contributed by atoms with Crippen LogP contribution in [0.15, 0.2) is 12.7 Å². The average Bonchev–Trinajstić information content (AvgIpc) is 1.35. The Kier molecular flexibility index (Phi) is 3.13. The highest BCUT2D eigenvalue weighted by atomic mass is 35.5. The fraction of sp³-hybridized carbons (Fsp3) is 0.333. The number of rotatable bonds is 2. The molecule has 0 amide bonds. The third-order valence-electron chi connectivity index (χ3n) is 0.304. The van der Waals surface area contributed by atoms with Crippen LogP contribution in [-0.2, 0) is 0 Å². The summed E-state index contributed by atoms with van der Waals surface area (Å²) in [6, 6.07) is 0. The molecule has 2 nitrogen and oxygen atoms in total. The van der Waals surface area contributed by atoms with Gasteiger partial charge in [-0.15, -0.1) is 6.58 Å². The Labute approximate surface area is 42.3 Å². The van der Waals surface area contributed by atoms with Crippen LogP contribution in [0, 0.1) is 0 Å². The highest BCUT2D eigenvalue weighted by Gasteiger charge is 1.79. The third kappa shape index (κ3) is 3.95. The van der Waals surface area contributed by atoms with Crippen molar-refractivity contribution in [2.45, 2.75) is 0 Å². The number of halogens is 1. The minimum Gasteiger partial charge on any atom is -0.254 e. The fourth-order valence-corrected chi connectivity index (χ4v) is 0.221. The van der Waals surface area contributed by atoms with Crippen molar-refractivity contribution in [3.63, 3.8) is 0 Å². The van der Waals surface area contributed by atoms with Gasteiger partial charge in [0.1, 0.15) is 0 Å². The Hall–Kier alpha value is -0.0500. The number of nitrogens with two attached hydrogens (primary N) is 1. The summed E-state index contributed by atoms with van der Waals surface area (Å²) in [6.45, 7) is 3.91. The van der Waals surface area contributed by atoms with E-state index in [1.165, 1.54) is 0 Å². The molecule has 2 N–H and O–H groups in total. The van der Waals surface area contributed by atoms with E-state index in [1.807, 2.05) is 0 Å². The van der Waals surface area contributed by atoms with Gasteiger partial charge in [-0.2, -0.15) is 4.53 Å². The number of nitrogens with zero attached hydrogens (tertiary/aromatic N) is 1. The van der Waals surface area contributed by atoms with Crippen LogP contribution in [-0.4, -0.2) is 11.1 Å². The van der Waals surface area contributed by atoms with Gasteiger partial charge in [-0.05, 0) is 11.8 Å². The Balaban J connectivity index is 2.81. The van der Waals surface area contributed by atoms with Crippen LogP contribution in [0.3, 0.4) is 0 Å². The van der Waals surface area contributed by atoms with Gasteiger partial charge in [-0.1, -0.05) is 6.08 Å². The predicted molar refractivity (Wildman–Crippen MR) is 26.9 cm³/mol. The van der Waals surface area contributed by atoms with E-state index in [2.05, 4.69) is 6.58 Å². The molecule has 0 heterocycles. The average molecular weight is 107 g/mol. The second-order valence-electron chi connectivity index (χ2n) is 0.871. The van der Waals surface area contributed by atoms with Gasteiger partial charge in [-0.3, -0.25) is 5.84 Å². The molecule has 0 radical (unpaired) electrons. The van der Waals surface area contributed by atoms with Gasteiger partial charge >= 0.3 is 0 Å². The smallest absolute Gasteiger partial charge is 0.0472 e. The largest absolute Gasteiger partial charge is 0.254 e. The van der Waals surface area contributed by atoms with Gasteiger partial charge in [-0.25, -0.2) is 0 Å². The van der Waals surface area contributed by atoms with Crippen molar-refractivity contribution < 1.29 is 0 Å². The molecule has 0 aliphatic carbocycles. The van der Waals surface area contributed by atoms with Gasteiger partial charge in [0.05, 0.1) is 0 Å². The van der Waals surface area contributed by atoms with E-state index in [0.29, 0.717) is 6.54 Å². The minimum atomic E-state index is 0.515. The first-order valence-corrected chi connectivity index (χ1v) is 1.90. The normalized spacial score (nSPS) is 9.17. The van der Waals surface area contributed by atoms with E-state index >= 15 is 0 Å². The second kappa shape index (κ2) is 3.15. The first-order chi connectivity index (χ1) is 2.77. The monoisotopic (exact) mass is 106 g/mol. The van der Waals surface area contributed by atoms with Crippen LogP contribution in [0.2, 0.25) is 0 Å². The molecule has 3 heteroatoms. The molecule has 6 heavy (non-hydrogen) atoms. The van der Waals surface area contributed by atoms with Crippen molar-refractivity contribution >= 4 is 11.8 Å². The molecule has 0 rings (SSSR count). The van der Waals surface area contributed by atoms with E-state index < -0.39 is 0 Å². The van der Waals surface area contributed by atoms with E-state index in [1.54, 1.807) is 6.08 Å². The van der Waals surface area contributed by atoms with Crippen LogP contribution >= 0.6 is 11.8 Å². The van der Waals surface area contributed by atoms with Gasteiger partial charge in [0.2, 0.25) is 0 Å². The molecule has 0 saturated heterocycles. The van der Waals surface area contributed by atoms with E-state index in [4.69, 9.17) is 17.6 Å². The molecule has 0 bridgehead atoms. The molecular formula is C3H7ClN2. The molecule has 0 aliphatic heterocycles. The van der Waals surface area contributed by atoms with Crippen molar-refractivity contribution in [2.24, 2.45) is 5.84 Å². The van der Waals surface area contributed by atoms with Crippen LogP contribution in [0.4, 0.5) is 0 Å². The topological polar surface area (TPSA) is 29.3 Å². The van der Waals surface area contributed by atoms with Crippen LogP contribution in [0.25, 0.3) is 0 Å². The Bertz CT molecular complexity index is 44.1. The first kappa shape index (κ1) is 5.95. The predicted octanol–water partition coefficient (Wildman–Crippen LogP) is 0.502. The maximum Gasteiger partial charge on any atom is 0.0472 e. The number of hydrazine groups is 1. The van der Waals surface area contributed by atoms with E-state index in [-0.39, 0.29) is 0 Å². The Morgan fingerprint density at radius 2 is 2.50 bits per heavy atom. The Morgan fingerprint density at radius 1 is 2.00 bits per heavy atom. The van der Waals surface area contributed by atoms with Gasteiger partial charge in [0, 0.05) is 6.54 Å². The second-order valence-corrected chi connectivity index (χ2v) is 1.31. The molecule has 0 aromatic carbocycles. The summed E-state index contributed by atoms with van der Waals surface area (Å²) in [7, 11) is 0. The lowest BCUT2D eigenvalue weighted by Crippen LogP contribution is -2.18. The zero-order chi connectivity index (χ0) is 4.99. The first-order valence-electron chi connectivity index (χ1n) is 1.56. The van der Waals surface area contributed by atoms with E-state index in [0.717, 1.165) is 4.53 Å². The minimum absolute atomic E-state index is 0.515. The standard InChI is InChI=1S/C3H7ClN2/c1-2-3-6(4)5/h2H,1,3,5H2. The lowest BCUT2D eigenvalue weighted by atomic mass is 10.7. The maximum atomic E-state index is 5.12. The van der Waals surface area contributed by atoms with Crippen molar-refractivity contribution in [3.8, 4) is 0 Å². The molecule has 0 atom stereocenters. The lowest BCUT2D eigenvalue weighted by Gasteiger charge is -1.96. The molecule has 0 aromatic rings. The molecule has 0 spiro atoms. The Morgan fingerprint density at radius 3 is 2.50 bits per heavy atom. The molecule has 0 unspecified atom stereocenters. The van der Waals surface area contributed by atoms with Crippen molar-refractivity contribution in [3.05, 3.63) is 12.7 Å². The molecule has 0 saturated carbocycles. The van der Waals surface area contributed by atoms with Crippen molar-refractivity contribution in [1.29, 1.82) is 0 Å². The zero-order valence-electron chi connectivity index (χ0n) is 3.39. The number of hydrogen-bond donors (Lipinski definition) is 1. The molecule has 36 valence electrons. The summed E-state index contributed by atoms with van der Waals surface area (Å²) in [5, 5.41) is 0. The lowest BCUT2D eigenvalue weighted by molar-refractivity contribution is 0.536. The van der Waals surface area contributed by atoms with Gasteiger partial charge in [0.15, 0.2) is 0 Å². The van der Waals surface area contributed by atoms with Crippen LogP contribution in [0.5, 0.6) is 0 Å². The number of hydrogen-bond acceptors (Lipinski definition) is 2. The summed E-state index contributed by atoms with van der Waals surface area (Å²) in [6.07, 6.45) is 1.62. The SMILES string of the molecule is C=CCN(N)Cl. The molecule has 0 aliphatic rings. The fourth-order valence-electron chi connectivity index (χ4n) is 0.123. The third-order valence-corrected chi connectivity index (χ3v) is 0.442. The summed E-state index contributed by atoms with van der Waals surface area (Å²) in [4.78, 5) is 0. The summed E-state index contributed by atoms with van der Waals surface area (Å²) >= 11 is 5.12. The van der Waals surface area contributed by atoms with Crippen LogP contribution in [0.1, 0.15) is 0 Å². The molecular weight excluding hydrogens is 99.5 g/mol. The van der Waals surface area contributed by atoms with E-state index in [9.17, 15) is 0 Å². The maximum absolute atomic E-state index is 5.12. The van der Waals surface area contributed by atoms with Gasteiger partial charge in [0.25, 0.3) is 0 Å². The summed E-state index contributed by atoms with van der Waals surface area (Å²) < 4.78 is 1.03. The highest BCUT2D eigenvalue weighted by Crippen LogP contribution is 1.78.